The summed E-state index contributed by atoms with van der Waals surface area (Å²) in [6.45, 7) is 0.450. The third kappa shape index (κ3) is 4.03. The normalized spacial score (nSPS) is 20.0. The van der Waals surface area contributed by atoms with Crippen LogP contribution in [0.15, 0.2) is 120 Å². The van der Waals surface area contributed by atoms with Crippen LogP contribution in [-0.2, 0) is 6.54 Å². The molecule has 3 nitrogen and oxygen atoms in total. The molecular weight excluding hydrogens is 469 g/mol. The molecule has 38 heavy (non-hydrogen) atoms. The fraction of sp³-hybridized carbons (Fsp3) is 0.147. The van der Waals surface area contributed by atoms with Crippen molar-refractivity contribution in [2.45, 2.75) is 24.9 Å². The number of allylic oxidation sites excluding steroid dienone is 2. The molecule has 4 aromatic carbocycles. The van der Waals surface area contributed by atoms with Crippen LogP contribution in [0, 0.1) is 11.7 Å². The highest BCUT2D eigenvalue weighted by Crippen LogP contribution is 2.49. The number of nitrogens with one attached hydrogen (secondary N) is 1. The number of aliphatic imine (C=N–C) groups is 1. The van der Waals surface area contributed by atoms with Crippen molar-refractivity contribution in [1.82, 2.24) is 4.57 Å². The highest BCUT2D eigenvalue weighted by atomic mass is 19.1. The van der Waals surface area contributed by atoms with Crippen LogP contribution in [-0.4, -0.2) is 10.8 Å². The van der Waals surface area contributed by atoms with Crippen LogP contribution in [0.5, 0.6) is 0 Å². The Bertz CT molecular complexity index is 1680. The van der Waals surface area contributed by atoms with E-state index in [-0.39, 0.29) is 11.9 Å². The van der Waals surface area contributed by atoms with Gasteiger partial charge >= 0.3 is 0 Å². The highest BCUT2D eigenvalue weighted by molar-refractivity contribution is 5.91. The number of para-hydroxylation sites is 2. The molecule has 4 heteroatoms. The van der Waals surface area contributed by atoms with E-state index in [4.69, 9.17) is 4.99 Å². The molecule has 0 saturated carbocycles. The quantitative estimate of drug-likeness (QED) is 0.192. The monoisotopic (exact) mass is 497 g/mol. The predicted molar refractivity (Wildman–Crippen MR) is 154 cm³/mol. The fourth-order valence-electron chi connectivity index (χ4n) is 6.09. The van der Waals surface area contributed by atoms with Crippen molar-refractivity contribution in [2.75, 3.05) is 5.32 Å². The van der Waals surface area contributed by atoms with Crippen LogP contribution in [0.2, 0.25) is 0 Å². The number of rotatable bonds is 5. The minimum absolute atomic E-state index is 0.192. The van der Waals surface area contributed by atoms with Crippen LogP contribution < -0.4 is 5.32 Å². The van der Waals surface area contributed by atoms with Gasteiger partial charge in [0.2, 0.25) is 0 Å². The molecule has 0 amide bonds. The molecular formula is C34H28FN3. The molecule has 0 spiro atoms. The van der Waals surface area contributed by atoms with Gasteiger partial charge in [-0.3, -0.25) is 4.99 Å². The first-order valence-corrected chi connectivity index (χ1v) is 13.2. The van der Waals surface area contributed by atoms with Gasteiger partial charge in [-0.2, -0.15) is 0 Å². The summed E-state index contributed by atoms with van der Waals surface area (Å²) in [6.07, 6.45) is 7.67. The average Bonchev–Trinajstić information content (AvgIpc) is 3.59. The van der Waals surface area contributed by atoms with E-state index in [1.165, 1.54) is 22.9 Å². The topological polar surface area (TPSA) is 29.3 Å². The zero-order valence-electron chi connectivity index (χ0n) is 21.0. The Morgan fingerprint density at radius 1 is 0.895 bits per heavy atom. The molecule has 5 aromatic rings. The van der Waals surface area contributed by atoms with Gasteiger partial charge in [0.1, 0.15) is 5.82 Å². The molecule has 0 fully saturated rings. The molecule has 0 unspecified atom stereocenters. The Labute approximate surface area is 222 Å². The lowest BCUT2D eigenvalue weighted by Crippen LogP contribution is -2.28. The average molecular weight is 498 g/mol. The first kappa shape index (κ1) is 22.7. The molecule has 0 bridgehead atoms. The van der Waals surface area contributed by atoms with Gasteiger partial charge in [-0.25, -0.2) is 4.39 Å². The lowest BCUT2D eigenvalue weighted by atomic mass is 9.77. The number of hydrogen-bond acceptors (Lipinski definition) is 2. The second-order valence-electron chi connectivity index (χ2n) is 10.2. The lowest BCUT2D eigenvalue weighted by Gasteiger charge is -2.37. The molecule has 186 valence electrons. The number of hydrogen-bond donors (Lipinski definition) is 1. The molecule has 1 aromatic heterocycles. The fourth-order valence-corrected chi connectivity index (χ4v) is 6.09. The summed E-state index contributed by atoms with van der Waals surface area (Å²) >= 11 is 0. The van der Waals surface area contributed by atoms with E-state index in [0.717, 1.165) is 28.7 Å². The summed E-state index contributed by atoms with van der Waals surface area (Å²) in [5.41, 5.74) is 7.48. The number of fused-ring (bicyclic) bond motifs is 4. The number of nitrogens with zero attached hydrogens (tertiary/aromatic N) is 2. The van der Waals surface area contributed by atoms with Gasteiger partial charge in [0.25, 0.3) is 0 Å². The van der Waals surface area contributed by atoms with Gasteiger partial charge in [-0.1, -0.05) is 78.9 Å². The van der Waals surface area contributed by atoms with Crippen molar-refractivity contribution in [3.63, 3.8) is 0 Å². The summed E-state index contributed by atoms with van der Waals surface area (Å²) in [6, 6.07) is 34.8. The minimum atomic E-state index is -0.192. The predicted octanol–water partition coefficient (Wildman–Crippen LogP) is 8.41. The Balaban J connectivity index is 1.17. The lowest BCUT2D eigenvalue weighted by molar-refractivity contribution is 0.425. The summed E-state index contributed by atoms with van der Waals surface area (Å²) in [5.74, 6) is 0.794. The van der Waals surface area contributed by atoms with Gasteiger partial charge < -0.3 is 9.88 Å². The first-order chi connectivity index (χ1) is 18.7. The maximum absolute atomic E-state index is 14.5. The van der Waals surface area contributed by atoms with E-state index in [9.17, 15) is 4.39 Å². The van der Waals surface area contributed by atoms with E-state index >= 15 is 0 Å². The Morgan fingerprint density at radius 3 is 2.58 bits per heavy atom. The maximum Gasteiger partial charge on any atom is 0.128 e. The molecule has 1 aliphatic carbocycles. The summed E-state index contributed by atoms with van der Waals surface area (Å²) in [7, 11) is 0. The number of anilines is 1. The van der Waals surface area contributed by atoms with Crippen molar-refractivity contribution in [3.05, 3.63) is 143 Å². The molecule has 0 radical (unpaired) electrons. The molecule has 2 aliphatic rings. The second kappa shape index (κ2) is 9.46. The van der Waals surface area contributed by atoms with E-state index in [2.05, 4.69) is 88.8 Å². The van der Waals surface area contributed by atoms with Gasteiger partial charge in [-0.15, -0.1) is 0 Å². The molecule has 1 aliphatic heterocycles. The zero-order chi connectivity index (χ0) is 25.5. The van der Waals surface area contributed by atoms with Crippen molar-refractivity contribution in [2.24, 2.45) is 10.9 Å². The van der Waals surface area contributed by atoms with E-state index in [1.807, 2.05) is 30.5 Å². The Morgan fingerprint density at radius 2 is 1.68 bits per heavy atom. The van der Waals surface area contributed by atoms with Gasteiger partial charge in [0.15, 0.2) is 0 Å². The van der Waals surface area contributed by atoms with Crippen molar-refractivity contribution < 1.29 is 4.39 Å². The summed E-state index contributed by atoms with van der Waals surface area (Å²) < 4.78 is 16.6. The number of benzene rings is 4. The first-order valence-electron chi connectivity index (χ1n) is 13.2. The van der Waals surface area contributed by atoms with E-state index in [1.54, 1.807) is 6.07 Å². The van der Waals surface area contributed by atoms with Crippen molar-refractivity contribution in [3.8, 4) is 0 Å². The molecule has 0 saturated heterocycles. The maximum atomic E-state index is 14.5. The molecule has 2 heterocycles. The Hall–Kier alpha value is -4.44. The van der Waals surface area contributed by atoms with Crippen LogP contribution in [0.25, 0.3) is 10.9 Å². The van der Waals surface area contributed by atoms with Gasteiger partial charge in [0, 0.05) is 28.1 Å². The van der Waals surface area contributed by atoms with Crippen LogP contribution in [0.1, 0.15) is 40.8 Å². The number of halogens is 1. The van der Waals surface area contributed by atoms with Crippen molar-refractivity contribution in [1.29, 1.82) is 0 Å². The van der Waals surface area contributed by atoms with E-state index in [0.29, 0.717) is 23.9 Å². The number of aromatic nitrogens is 1. The van der Waals surface area contributed by atoms with Crippen molar-refractivity contribution >= 4 is 28.5 Å². The van der Waals surface area contributed by atoms with Gasteiger partial charge in [-0.05, 0) is 59.9 Å². The van der Waals surface area contributed by atoms with Gasteiger partial charge in [0.05, 0.1) is 30.2 Å². The Kier molecular flexibility index (Phi) is 5.66. The van der Waals surface area contributed by atoms with E-state index < -0.39 is 0 Å². The summed E-state index contributed by atoms with van der Waals surface area (Å²) in [4.78, 5) is 4.81. The minimum Gasteiger partial charge on any atom is -0.378 e. The standard InChI is InChI=1S/C34H28FN3/c35-31-13-4-1-9-25(31)22-38-27(20-24-8-2-6-15-33(24)38)21-36-26-18-16-23(17-19-26)34-30-12-7-11-28(30)29-10-3-5-14-32(29)37-34/h1-11,13-21,28,30,34,37H,12,22H2/t28-,30-,34-/m0/s1. The van der Waals surface area contributed by atoms with Crippen LogP contribution in [0.4, 0.5) is 15.8 Å². The summed E-state index contributed by atoms with van der Waals surface area (Å²) in [5, 5.41) is 4.91. The largest absolute Gasteiger partial charge is 0.378 e. The van der Waals surface area contributed by atoms with Crippen LogP contribution >= 0.6 is 0 Å². The zero-order valence-corrected chi connectivity index (χ0v) is 21.0. The van der Waals surface area contributed by atoms with Crippen LogP contribution in [0.3, 0.4) is 0 Å². The second-order valence-corrected chi connectivity index (χ2v) is 10.2. The molecule has 7 rings (SSSR count). The third-order valence-corrected chi connectivity index (χ3v) is 8.00. The third-order valence-electron chi connectivity index (χ3n) is 8.00. The molecule has 1 N–H and O–H groups in total. The SMILES string of the molecule is Fc1ccccc1Cn1c(C=Nc2ccc([C@@H]3Nc4ccccc4[C@@H]4C=CC[C@@H]43)cc2)cc2ccccc21. The molecule has 3 atom stereocenters. The smallest absolute Gasteiger partial charge is 0.128 e. The highest BCUT2D eigenvalue weighted by Gasteiger charge is 2.37.